The van der Waals surface area contributed by atoms with E-state index in [0.29, 0.717) is 0 Å². The maximum Gasteiger partial charge on any atom is 0.0795 e. The van der Waals surface area contributed by atoms with Crippen molar-refractivity contribution in [2.45, 2.75) is 6.92 Å². The molecule has 0 aliphatic heterocycles. The van der Waals surface area contributed by atoms with Crippen LogP contribution >= 0.6 is 0 Å². The second-order valence-electron chi connectivity index (χ2n) is 2.40. The molecule has 0 saturated heterocycles. The molecule has 0 saturated carbocycles. The van der Waals surface area contributed by atoms with Crippen LogP contribution in [0, 0.1) is 0 Å². The molecule has 2 nitrogen and oxygen atoms in total. The van der Waals surface area contributed by atoms with Gasteiger partial charge in [-0.3, -0.25) is 4.99 Å². The molecular formula is C9H16N2. The fraction of sp³-hybridized carbons (Fsp3) is 0.444. The molecule has 0 aliphatic carbocycles. The lowest BCUT2D eigenvalue weighted by Gasteiger charge is -2.15. The Morgan fingerprint density at radius 3 is 2.36 bits per heavy atom. The van der Waals surface area contributed by atoms with Gasteiger partial charge in [0.25, 0.3) is 0 Å². The van der Waals surface area contributed by atoms with E-state index in [1.165, 1.54) is 0 Å². The number of hydrogen-bond donors (Lipinski definition) is 0. The first-order valence-corrected chi connectivity index (χ1v) is 3.67. The summed E-state index contributed by atoms with van der Waals surface area (Å²) in [5, 5.41) is 0. The molecule has 0 bridgehead atoms. The highest BCUT2D eigenvalue weighted by molar-refractivity contribution is 6.07. The molecule has 0 amide bonds. The molecule has 0 aromatic carbocycles. The molecule has 62 valence electrons. The van der Waals surface area contributed by atoms with Gasteiger partial charge < -0.3 is 4.90 Å². The monoisotopic (exact) mass is 152 g/mol. The Kier molecular flexibility index (Phi) is 4.27. The Morgan fingerprint density at radius 1 is 1.55 bits per heavy atom. The SMILES string of the molecule is C=CC(=NCC)C(=C)N(C)C. The third-order valence-electron chi connectivity index (χ3n) is 1.36. The fourth-order valence-electron chi connectivity index (χ4n) is 0.673. The Morgan fingerprint density at radius 2 is 2.09 bits per heavy atom. The van der Waals surface area contributed by atoms with E-state index >= 15 is 0 Å². The molecule has 0 radical (unpaired) electrons. The van der Waals surface area contributed by atoms with Crippen molar-refractivity contribution in [3.05, 3.63) is 24.9 Å². The maximum absolute atomic E-state index is 4.22. The van der Waals surface area contributed by atoms with Crippen LogP contribution in [0.4, 0.5) is 0 Å². The van der Waals surface area contributed by atoms with Crippen molar-refractivity contribution in [2.75, 3.05) is 20.6 Å². The quantitative estimate of drug-likeness (QED) is 0.560. The first-order chi connectivity index (χ1) is 5.13. The van der Waals surface area contributed by atoms with Gasteiger partial charge in [0.1, 0.15) is 0 Å². The van der Waals surface area contributed by atoms with Crippen LogP contribution in [0.25, 0.3) is 0 Å². The third-order valence-corrected chi connectivity index (χ3v) is 1.36. The van der Waals surface area contributed by atoms with E-state index in [-0.39, 0.29) is 0 Å². The summed E-state index contributed by atoms with van der Waals surface area (Å²) in [6.45, 7) is 10.3. The van der Waals surface area contributed by atoms with Gasteiger partial charge in [0, 0.05) is 20.6 Å². The van der Waals surface area contributed by atoms with Gasteiger partial charge in [0.2, 0.25) is 0 Å². The van der Waals surface area contributed by atoms with Crippen LogP contribution in [0.15, 0.2) is 29.9 Å². The average Bonchev–Trinajstić information content (AvgIpc) is 1.98. The van der Waals surface area contributed by atoms with Crippen LogP contribution in [-0.2, 0) is 0 Å². The number of rotatable bonds is 4. The molecule has 2 heteroatoms. The van der Waals surface area contributed by atoms with Crippen molar-refractivity contribution in [1.82, 2.24) is 4.90 Å². The van der Waals surface area contributed by atoms with E-state index in [4.69, 9.17) is 0 Å². The van der Waals surface area contributed by atoms with Gasteiger partial charge in [-0.1, -0.05) is 13.2 Å². The Bertz CT molecular complexity index is 178. The Hall–Kier alpha value is -1.05. The van der Waals surface area contributed by atoms with E-state index in [0.717, 1.165) is 18.0 Å². The van der Waals surface area contributed by atoms with Crippen LogP contribution in [0.5, 0.6) is 0 Å². The van der Waals surface area contributed by atoms with E-state index in [2.05, 4.69) is 18.2 Å². The highest BCUT2D eigenvalue weighted by atomic mass is 15.1. The van der Waals surface area contributed by atoms with Crippen molar-refractivity contribution < 1.29 is 0 Å². The lowest BCUT2D eigenvalue weighted by atomic mass is 10.3. The molecule has 11 heavy (non-hydrogen) atoms. The van der Waals surface area contributed by atoms with Crippen LogP contribution in [0.1, 0.15) is 6.92 Å². The zero-order valence-corrected chi connectivity index (χ0v) is 7.59. The second-order valence-corrected chi connectivity index (χ2v) is 2.40. The van der Waals surface area contributed by atoms with Crippen LogP contribution in [0.2, 0.25) is 0 Å². The molecule has 0 aliphatic rings. The lowest BCUT2D eigenvalue weighted by molar-refractivity contribution is 0.541. The molecule has 0 N–H and O–H groups in total. The zero-order chi connectivity index (χ0) is 8.85. The Balaban J connectivity index is 4.39. The topological polar surface area (TPSA) is 15.6 Å². The standard InChI is InChI=1S/C9H16N2/c1-6-9(10-7-2)8(3)11(4)5/h6H,1,3,7H2,2,4-5H3. The van der Waals surface area contributed by atoms with Crippen LogP contribution < -0.4 is 0 Å². The minimum atomic E-state index is 0.772. The van der Waals surface area contributed by atoms with Gasteiger partial charge >= 0.3 is 0 Å². The van der Waals surface area contributed by atoms with Gasteiger partial charge in [-0.2, -0.15) is 0 Å². The Labute approximate surface area is 68.9 Å². The van der Waals surface area contributed by atoms with Crippen molar-refractivity contribution >= 4 is 5.71 Å². The maximum atomic E-state index is 4.22. The van der Waals surface area contributed by atoms with Crippen LogP contribution in [0.3, 0.4) is 0 Å². The highest BCUT2D eigenvalue weighted by Crippen LogP contribution is 1.99. The summed E-state index contributed by atoms with van der Waals surface area (Å²) in [5.41, 5.74) is 1.78. The molecule has 0 rings (SSSR count). The van der Waals surface area contributed by atoms with E-state index < -0.39 is 0 Å². The molecule has 0 spiro atoms. The third kappa shape index (κ3) is 3.03. The summed E-state index contributed by atoms with van der Waals surface area (Å²) in [6, 6.07) is 0. The smallest absolute Gasteiger partial charge is 0.0795 e. The van der Waals surface area contributed by atoms with Crippen molar-refractivity contribution in [3.8, 4) is 0 Å². The highest BCUT2D eigenvalue weighted by Gasteiger charge is 2.00. The normalized spacial score (nSPS) is 11.0. The van der Waals surface area contributed by atoms with Gasteiger partial charge in [-0.25, -0.2) is 0 Å². The largest absolute Gasteiger partial charge is 0.376 e. The van der Waals surface area contributed by atoms with Crippen molar-refractivity contribution in [3.63, 3.8) is 0 Å². The summed E-state index contributed by atoms with van der Waals surface area (Å²) in [4.78, 5) is 6.15. The molecule has 0 fully saturated rings. The van der Waals surface area contributed by atoms with Gasteiger partial charge in [0.15, 0.2) is 0 Å². The minimum Gasteiger partial charge on any atom is -0.376 e. The van der Waals surface area contributed by atoms with Crippen molar-refractivity contribution in [2.24, 2.45) is 4.99 Å². The first-order valence-electron chi connectivity index (χ1n) is 3.67. The predicted octanol–water partition coefficient (Wildman–Crippen LogP) is 1.71. The summed E-state index contributed by atoms with van der Waals surface area (Å²) in [5.74, 6) is 0. The fourth-order valence-corrected chi connectivity index (χ4v) is 0.673. The molecule has 0 atom stereocenters. The minimum absolute atomic E-state index is 0.772. The first kappa shape index (κ1) is 9.95. The average molecular weight is 152 g/mol. The van der Waals surface area contributed by atoms with E-state index in [9.17, 15) is 0 Å². The van der Waals surface area contributed by atoms with E-state index in [1.54, 1.807) is 6.08 Å². The summed E-state index contributed by atoms with van der Waals surface area (Å²) in [7, 11) is 3.88. The molecular weight excluding hydrogens is 136 g/mol. The predicted molar refractivity (Wildman–Crippen MR) is 51.0 cm³/mol. The number of nitrogens with zero attached hydrogens (tertiary/aromatic N) is 2. The van der Waals surface area contributed by atoms with Gasteiger partial charge in [-0.15, -0.1) is 0 Å². The molecule has 0 unspecified atom stereocenters. The summed E-state index contributed by atoms with van der Waals surface area (Å²) < 4.78 is 0. The molecule has 0 aromatic heterocycles. The summed E-state index contributed by atoms with van der Waals surface area (Å²) >= 11 is 0. The van der Waals surface area contributed by atoms with Crippen LogP contribution in [-0.4, -0.2) is 31.3 Å². The number of hydrogen-bond acceptors (Lipinski definition) is 2. The molecule has 0 heterocycles. The number of allylic oxidation sites excluding steroid dienone is 1. The molecule has 0 aromatic rings. The second kappa shape index (κ2) is 4.72. The number of aliphatic imine (C=N–C) groups is 1. The lowest BCUT2D eigenvalue weighted by Crippen LogP contribution is -2.16. The van der Waals surface area contributed by atoms with Gasteiger partial charge in [-0.05, 0) is 13.0 Å². The zero-order valence-electron chi connectivity index (χ0n) is 7.59. The van der Waals surface area contributed by atoms with E-state index in [1.807, 2.05) is 25.9 Å². The van der Waals surface area contributed by atoms with Gasteiger partial charge in [0.05, 0.1) is 11.4 Å². The van der Waals surface area contributed by atoms with Crippen molar-refractivity contribution in [1.29, 1.82) is 0 Å². The summed E-state index contributed by atoms with van der Waals surface area (Å²) in [6.07, 6.45) is 1.73.